The van der Waals surface area contributed by atoms with Crippen molar-refractivity contribution in [2.75, 3.05) is 12.0 Å². The fraction of sp³-hybridized carbons (Fsp3) is 0.333. The van der Waals surface area contributed by atoms with Gasteiger partial charge in [0.2, 0.25) is 5.91 Å². The van der Waals surface area contributed by atoms with E-state index >= 15 is 0 Å². The molecule has 0 spiro atoms. The Morgan fingerprint density at radius 3 is 2.29 bits per heavy atom. The molecule has 0 atom stereocenters. The molecule has 0 unspecified atom stereocenters. The molecule has 8 heteroatoms. The molecule has 0 aliphatic carbocycles. The monoisotopic (exact) mass is 518 g/mol. The Labute approximate surface area is 223 Å². The summed E-state index contributed by atoms with van der Waals surface area (Å²) in [5.74, 6) is -0.259. The van der Waals surface area contributed by atoms with E-state index in [1.54, 1.807) is 24.3 Å². The first-order valence-corrected chi connectivity index (χ1v) is 12.6. The molecule has 0 heterocycles. The van der Waals surface area contributed by atoms with E-state index < -0.39 is 16.5 Å². The van der Waals surface area contributed by atoms with Crippen LogP contribution in [0.15, 0.2) is 66.7 Å². The number of hydrogen-bond acceptors (Lipinski definition) is 6. The zero-order chi connectivity index (χ0) is 27.9. The van der Waals surface area contributed by atoms with Crippen LogP contribution in [-0.4, -0.2) is 29.5 Å². The summed E-state index contributed by atoms with van der Waals surface area (Å²) < 4.78 is 10.7. The topological polar surface area (TPSA) is 99.0 Å². The molecular formula is C30H34N2O6. The number of nitrogens with zero attached hydrogens (tertiary/aromatic N) is 2. The number of amides is 1. The van der Waals surface area contributed by atoms with Crippen LogP contribution in [0, 0.1) is 10.1 Å². The summed E-state index contributed by atoms with van der Waals surface area (Å²) in [5, 5.41) is 11.8. The molecular weight excluding hydrogens is 484 g/mol. The fourth-order valence-electron chi connectivity index (χ4n) is 3.99. The van der Waals surface area contributed by atoms with Crippen LogP contribution in [0.2, 0.25) is 0 Å². The van der Waals surface area contributed by atoms with E-state index in [4.69, 9.17) is 9.47 Å². The predicted octanol–water partition coefficient (Wildman–Crippen LogP) is 6.95. The summed E-state index contributed by atoms with van der Waals surface area (Å²) in [5.41, 5.74) is 2.20. The zero-order valence-corrected chi connectivity index (χ0v) is 22.5. The second kappa shape index (κ2) is 12.4. The number of esters is 1. The van der Waals surface area contributed by atoms with E-state index in [9.17, 15) is 19.7 Å². The second-order valence-corrected chi connectivity index (χ2v) is 9.94. The van der Waals surface area contributed by atoms with E-state index in [1.165, 1.54) is 18.1 Å². The third-order valence-electron chi connectivity index (χ3n) is 5.87. The molecule has 3 rings (SSSR count). The van der Waals surface area contributed by atoms with Crippen LogP contribution < -0.4 is 9.64 Å². The maximum atomic E-state index is 13.2. The Bertz CT molecular complexity index is 1290. The average molecular weight is 519 g/mol. The van der Waals surface area contributed by atoms with Gasteiger partial charge in [0.25, 0.3) is 5.69 Å². The lowest BCUT2D eigenvalue weighted by Crippen LogP contribution is -2.30. The van der Waals surface area contributed by atoms with Crippen LogP contribution >= 0.6 is 0 Å². The highest BCUT2D eigenvalue weighted by molar-refractivity contribution is 5.98. The van der Waals surface area contributed by atoms with E-state index in [1.807, 2.05) is 64.1 Å². The number of hydrogen-bond donors (Lipinski definition) is 0. The first kappa shape index (κ1) is 28.4. The van der Waals surface area contributed by atoms with Crippen molar-refractivity contribution < 1.29 is 24.0 Å². The van der Waals surface area contributed by atoms with E-state index in [0.29, 0.717) is 17.7 Å². The largest absolute Gasteiger partial charge is 0.496 e. The number of nitro benzene ring substituents is 1. The summed E-state index contributed by atoms with van der Waals surface area (Å²) in [6, 6.07) is 19.2. The van der Waals surface area contributed by atoms with Crippen molar-refractivity contribution in [2.45, 2.75) is 59.1 Å². The van der Waals surface area contributed by atoms with Gasteiger partial charge in [-0.05, 0) is 62.1 Å². The van der Waals surface area contributed by atoms with Crippen molar-refractivity contribution >= 4 is 23.3 Å². The summed E-state index contributed by atoms with van der Waals surface area (Å²) in [7, 11) is 1.44. The third kappa shape index (κ3) is 7.18. The minimum atomic E-state index is -0.619. The molecule has 0 saturated carbocycles. The first-order valence-electron chi connectivity index (χ1n) is 12.6. The Morgan fingerprint density at radius 2 is 1.68 bits per heavy atom. The molecule has 200 valence electrons. The molecule has 3 aromatic rings. The number of methoxy groups -OCH3 is 1. The van der Waals surface area contributed by atoms with Gasteiger partial charge in [0.15, 0.2) is 0 Å². The van der Waals surface area contributed by atoms with Crippen LogP contribution in [0.1, 0.15) is 62.9 Å². The van der Waals surface area contributed by atoms with Crippen LogP contribution in [0.5, 0.6) is 5.75 Å². The lowest BCUT2D eigenvalue weighted by atomic mass is 9.98. The van der Waals surface area contributed by atoms with Gasteiger partial charge in [-0.3, -0.25) is 14.9 Å². The highest BCUT2D eigenvalue weighted by Crippen LogP contribution is 2.34. The smallest absolute Gasteiger partial charge is 0.339 e. The number of nitro groups is 1. The molecule has 3 aromatic carbocycles. The molecule has 38 heavy (non-hydrogen) atoms. The number of benzene rings is 3. The highest BCUT2D eigenvalue weighted by atomic mass is 16.6. The minimum absolute atomic E-state index is 0.156. The lowest BCUT2D eigenvalue weighted by Gasteiger charge is -2.23. The number of rotatable bonds is 10. The van der Waals surface area contributed by atoms with Gasteiger partial charge in [0.05, 0.1) is 30.2 Å². The summed E-state index contributed by atoms with van der Waals surface area (Å²) >= 11 is 0. The van der Waals surface area contributed by atoms with E-state index in [-0.39, 0.29) is 30.2 Å². The van der Waals surface area contributed by atoms with E-state index in [2.05, 4.69) is 0 Å². The van der Waals surface area contributed by atoms with Crippen molar-refractivity contribution in [3.8, 4) is 16.9 Å². The van der Waals surface area contributed by atoms with Crippen LogP contribution in [0.3, 0.4) is 0 Å². The van der Waals surface area contributed by atoms with Crippen molar-refractivity contribution in [3.05, 3.63) is 88.0 Å². The van der Waals surface area contributed by atoms with Crippen LogP contribution in [-0.2, 0) is 16.1 Å². The summed E-state index contributed by atoms with van der Waals surface area (Å²) in [6.45, 7) is 7.61. The molecule has 0 radical (unpaired) electrons. The fourth-order valence-corrected chi connectivity index (χ4v) is 3.99. The second-order valence-electron chi connectivity index (χ2n) is 9.94. The van der Waals surface area contributed by atoms with Gasteiger partial charge in [0, 0.05) is 6.42 Å². The maximum Gasteiger partial charge on any atom is 0.339 e. The van der Waals surface area contributed by atoms with Crippen molar-refractivity contribution in [1.29, 1.82) is 0 Å². The van der Waals surface area contributed by atoms with Gasteiger partial charge < -0.3 is 14.4 Å². The molecule has 0 saturated heterocycles. The van der Waals surface area contributed by atoms with Gasteiger partial charge in [-0.2, -0.15) is 0 Å². The van der Waals surface area contributed by atoms with Gasteiger partial charge in [-0.15, -0.1) is 0 Å². The molecule has 8 nitrogen and oxygen atoms in total. The summed E-state index contributed by atoms with van der Waals surface area (Å²) in [4.78, 5) is 38.7. The Balaban J connectivity index is 1.94. The number of unbranched alkanes of at least 4 members (excludes halogenated alkanes) is 1. The normalized spacial score (nSPS) is 11.1. The Hall–Kier alpha value is -4.20. The number of anilines is 1. The molecule has 0 aromatic heterocycles. The van der Waals surface area contributed by atoms with Crippen molar-refractivity contribution in [2.24, 2.45) is 0 Å². The molecule has 0 aliphatic rings. The van der Waals surface area contributed by atoms with E-state index in [0.717, 1.165) is 23.1 Å². The van der Waals surface area contributed by atoms with Crippen LogP contribution in [0.25, 0.3) is 11.1 Å². The third-order valence-corrected chi connectivity index (χ3v) is 5.87. The molecule has 0 N–H and O–H groups in total. The van der Waals surface area contributed by atoms with Crippen molar-refractivity contribution in [1.82, 2.24) is 0 Å². The SMILES string of the molecule is CCCCC(=O)N(Cc1ccc(-c2ccccc2C(=O)OC(C)(C)C)cc1)c1ccc(OC)cc1[N+](=O)[O-]. The highest BCUT2D eigenvalue weighted by Gasteiger charge is 2.26. The van der Waals surface area contributed by atoms with Gasteiger partial charge in [-0.1, -0.05) is 55.8 Å². The molecule has 0 fully saturated rings. The predicted molar refractivity (Wildman–Crippen MR) is 147 cm³/mol. The quantitative estimate of drug-likeness (QED) is 0.164. The lowest BCUT2D eigenvalue weighted by molar-refractivity contribution is -0.384. The summed E-state index contributed by atoms with van der Waals surface area (Å²) in [6.07, 6.45) is 1.79. The number of carbonyl (C=O) groups excluding carboxylic acids is 2. The number of carbonyl (C=O) groups is 2. The van der Waals surface area contributed by atoms with Gasteiger partial charge in [-0.25, -0.2) is 4.79 Å². The Morgan fingerprint density at radius 1 is 1.00 bits per heavy atom. The first-order chi connectivity index (χ1) is 18.0. The molecule has 0 bridgehead atoms. The van der Waals surface area contributed by atoms with Gasteiger partial charge >= 0.3 is 5.97 Å². The zero-order valence-electron chi connectivity index (χ0n) is 22.5. The number of ether oxygens (including phenoxy) is 2. The molecule has 0 aliphatic heterocycles. The molecule has 1 amide bonds. The minimum Gasteiger partial charge on any atom is -0.496 e. The maximum absolute atomic E-state index is 13.2. The average Bonchev–Trinajstić information content (AvgIpc) is 2.89. The van der Waals surface area contributed by atoms with Gasteiger partial charge in [0.1, 0.15) is 17.0 Å². The van der Waals surface area contributed by atoms with Crippen molar-refractivity contribution in [3.63, 3.8) is 0 Å². The van der Waals surface area contributed by atoms with Crippen LogP contribution in [0.4, 0.5) is 11.4 Å². The Kier molecular flexibility index (Phi) is 9.23. The standard InChI is InChI=1S/C30H34N2O6/c1-6-7-12-28(33)31(26-18-17-23(37-5)19-27(26)32(35)36)20-21-13-15-22(16-14-21)24-10-8-9-11-25(24)29(34)38-30(2,3)4/h8-11,13-19H,6-7,12,20H2,1-5H3.